The predicted octanol–water partition coefficient (Wildman–Crippen LogP) is 0.369. The lowest BCUT2D eigenvalue weighted by Crippen LogP contribution is -2.45. The minimum absolute atomic E-state index is 0.0410. The van der Waals surface area contributed by atoms with Crippen LogP contribution in [0.5, 0.6) is 0 Å². The van der Waals surface area contributed by atoms with Gasteiger partial charge >= 0.3 is 0 Å². The first-order chi connectivity index (χ1) is 11.4. The summed E-state index contributed by atoms with van der Waals surface area (Å²) in [5, 5.41) is 3.17. The summed E-state index contributed by atoms with van der Waals surface area (Å²) in [7, 11) is -7.19. The summed E-state index contributed by atoms with van der Waals surface area (Å²) in [5.74, 6) is -0.241. The number of sulfonamides is 2. The Kier molecular flexibility index (Phi) is 6.76. The van der Waals surface area contributed by atoms with Gasteiger partial charge in [-0.3, -0.25) is 0 Å². The third-order valence-electron chi connectivity index (χ3n) is 3.95. The van der Waals surface area contributed by atoms with Crippen LogP contribution in [0.1, 0.15) is 19.8 Å². The molecule has 0 spiro atoms. The van der Waals surface area contributed by atoms with Gasteiger partial charge in [0.2, 0.25) is 20.0 Å². The van der Waals surface area contributed by atoms with E-state index in [9.17, 15) is 16.8 Å². The van der Waals surface area contributed by atoms with Gasteiger partial charge in [0.1, 0.15) is 0 Å². The van der Waals surface area contributed by atoms with Crippen molar-refractivity contribution in [3.05, 3.63) is 30.3 Å². The summed E-state index contributed by atoms with van der Waals surface area (Å²) in [5.41, 5.74) is 0. The first-order valence-corrected chi connectivity index (χ1v) is 11.2. The van der Waals surface area contributed by atoms with Gasteiger partial charge in [0, 0.05) is 25.7 Å². The smallest absolute Gasteiger partial charge is 0.240 e. The van der Waals surface area contributed by atoms with Crippen molar-refractivity contribution in [1.82, 2.24) is 14.3 Å². The maximum absolute atomic E-state index is 12.6. The highest BCUT2D eigenvalue weighted by molar-refractivity contribution is 7.90. The molecular weight excluding hydrogens is 350 g/mol. The number of nitrogens with zero attached hydrogens (tertiary/aromatic N) is 1. The summed E-state index contributed by atoms with van der Waals surface area (Å²) < 4.78 is 53.4. The largest absolute Gasteiger partial charge is 0.315 e. The molecule has 136 valence electrons. The molecule has 0 bridgehead atoms. The molecule has 1 fully saturated rings. The number of hydrogen-bond donors (Lipinski definition) is 2. The highest BCUT2D eigenvalue weighted by Gasteiger charge is 2.31. The van der Waals surface area contributed by atoms with E-state index in [1.54, 1.807) is 18.2 Å². The molecule has 0 radical (unpaired) electrons. The van der Waals surface area contributed by atoms with Crippen LogP contribution in [0.4, 0.5) is 0 Å². The molecule has 0 saturated carbocycles. The van der Waals surface area contributed by atoms with Crippen molar-refractivity contribution in [2.24, 2.45) is 0 Å². The Morgan fingerprint density at radius 2 is 1.92 bits per heavy atom. The molecule has 7 nitrogen and oxygen atoms in total. The second-order valence-electron chi connectivity index (χ2n) is 5.78. The molecule has 1 aromatic carbocycles. The minimum Gasteiger partial charge on any atom is -0.315 e. The van der Waals surface area contributed by atoms with Gasteiger partial charge in [-0.1, -0.05) is 25.1 Å². The van der Waals surface area contributed by atoms with Crippen molar-refractivity contribution in [3.8, 4) is 0 Å². The second kappa shape index (κ2) is 8.39. The summed E-state index contributed by atoms with van der Waals surface area (Å²) in [4.78, 5) is 0.132. The van der Waals surface area contributed by atoms with Crippen molar-refractivity contribution in [2.75, 3.05) is 31.9 Å². The molecule has 1 atom stereocenters. The van der Waals surface area contributed by atoms with E-state index in [2.05, 4.69) is 10.0 Å². The summed E-state index contributed by atoms with van der Waals surface area (Å²) in [6.45, 7) is 3.71. The van der Waals surface area contributed by atoms with Crippen molar-refractivity contribution in [3.63, 3.8) is 0 Å². The molecular formula is C15H25N3O4S2. The van der Waals surface area contributed by atoms with E-state index >= 15 is 0 Å². The Labute approximate surface area is 144 Å². The zero-order valence-electron chi connectivity index (χ0n) is 13.8. The van der Waals surface area contributed by atoms with Crippen molar-refractivity contribution < 1.29 is 16.8 Å². The highest BCUT2D eigenvalue weighted by Crippen LogP contribution is 2.15. The van der Waals surface area contributed by atoms with Crippen molar-refractivity contribution in [2.45, 2.75) is 30.7 Å². The van der Waals surface area contributed by atoms with Crippen LogP contribution < -0.4 is 10.0 Å². The topological polar surface area (TPSA) is 95.6 Å². The molecule has 0 aliphatic carbocycles. The highest BCUT2D eigenvalue weighted by atomic mass is 32.2. The molecule has 1 heterocycles. The monoisotopic (exact) mass is 375 g/mol. The van der Waals surface area contributed by atoms with Gasteiger partial charge in [-0.15, -0.1) is 0 Å². The molecule has 9 heteroatoms. The maximum atomic E-state index is 12.6. The fraction of sp³-hybridized carbons (Fsp3) is 0.600. The quantitative estimate of drug-likeness (QED) is 0.650. The van der Waals surface area contributed by atoms with Gasteiger partial charge in [-0.25, -0.2) is 21.6 Å². The number of nitrogens with one attached hydrogen (secondary N) is 2. The third kappa shape index (κ3) is 5.00. The number of rotatable bonds is 9. The molecule has 2 rings (SSSR count). The summed E-state index contributed by atoms with van der Waals surface area (Å²) in [6, 6.07) is 7.89. The Bertz CT molecular complexity index is 714. The minimum atomic E-state index is -3.69. The van der Waals surface area contributed by atoms with Crippen molar-refractivity contribution in [1.29, 1.82) is 0 Å². The second-order valence-corrected chi connectivity index (χ2v) is 9.59. The first-order valence-electron chi connectivity index (χ1n) is 8.12. The number of benzene rings is 1. The van der Waals surface area contributed by atoms with E-state index in [0.717, 1.165) is 19.4 Å². The fourth-order valence-corrected chi connectivity index (χ4v) is 5.63. The molecule has 0 amide bonds. The van der Waals surface area contributed by atoms with Crippen molar-refractivity contribution >= 4 is 20.0 Å². The Balaban J connectivity index is 1.98. The summed E-state index contributed by atoms with van der Waals surface area (Å²) in [6.07, 6.45) is 1.51. The van der Waals surface area contributed by atoms with Crippen LogP contribution in [0.25, 0.3) is 0 Å². The van der Waals surface area contributed by atoms with Crippen LogP contribution in [-0.4, -0.2) is 59.1 Å². The van der Waals surface area contributed by atoms with Gasteiger partial charge in [0.05, 0.1) is 10.6 Å². The maximum Gasteiger partial charge on any atom is 0.240 e. The van der Waals surface area contributed by atoms with Crippen LogP contribution in [0.2, 0.25) is 0 Å². The molecule has 24 heavy (non-hydrogen) atoms. The standard InChI is InChI=1S/C15H25N3O4S2/c1-2-11-18(14-8-9-16-13-14)23(19,20)12-10-17-24(21,22)15-6-4-3-5-7-15/h3-7,14,16-17H,2,8-13H2,1H3. The van der Waals surface area contributed by atoms with E-state index in [0.29, 0.717) is 13.1 Å². The van der Waals surface area contributed by atoms with Crippen LogP contribution in [0.3, 0.4) is 0 Å². The van der Waals surface area contributed by atoms with Crippen LogP contribution in [0.15, 0.2) is 35.2 Å². The van der Waals surface area contributed by atoms with Gasteiger partial charge in [-0.2, -0.15) is 4.31 Å². The fourth-order valence-electron chi connectivity index (χ4n) is 2.76. The van der Waals surface area contributed by atoms with E-state index in [-0.39, 0.29) is 23.2 Å². The first kappa shape index (κ1) is 19.3. The van der Waals surface area contributed by atoms with E-state index in [4.69, 9.17) is 0 Å². The Morgan fingerprint density at radius 3 is 2.50 bits per heavy atom. The van der Waals surface area contributed by atoms with Crippen LogP contribution in [-0.2, 0) is 20.0 Å². The molecule has 0 aromatic heterocycles. The van der Waals surface area contributed by atoms with Crippen LogP contribution in [0, 0.1) is 0 Å². The zero-order chi connectivity index (χ0) is 17.6. The Morgan fingerprint density at radius 1 is 1.21 bits per heavy atom. The van der Waals surface area contributed by atoms with Gasteiger partial charge in [0.15, 0.2) is 0 Å². The lowest BCUT2D eigenvalue weighted by molar-refractivity contribution is 0.335. The summed E-state index contributed by atoms with van der Waals surface area (Å²) >= 11 is 0. The van der Waals surface area contributed by atoms with Crippen LogP contribution >= 0.6 is 0 Å². The average Bonchev–Trinajstić information content (AvgIpc) is 3.07. The lowest BCUT2D eigenvalue weighted by Gasteiger charge is -2.27. The van der Waals surface area contributed by atoms with Gasteiger partial charge in [0.25, 0.3) is 0 Å². The molecule has 2 N–H and O–H groups in total. The SMILES string of the molecule is CCCN(C1CCNC1)S(=O)(=O)CCNS(=O)(=O)c1ccccc1. The van der Waals surface area contributed by atoms with Gasteiger partial charge in [-0.05, 0) is 31.5 Å². The molecule has 1 aliphatic heterocycles. The lowest BCUT2D eigenvalue weighted by atomic mass is 10.2. The number of hydrogen-bond acceptors (Lipinski definition) is 5. The predicted molar refractivity (Wildman–Crippen MR) is 93.7 cm³/mol. The van der Waals surface area contributed by atoms with E-state index in [1.807, 2.05) is 6.92 Å². The average molecular weight is 376 g/mol. The molecule has 1 aliphatic rings. The van der Waals surface area contributed by atoms with E-state index < -0.39 is 20.0 Å². The Hall–Kier alpha value is -1.00. The molecule has 1 aromatic rings. The molecule has 1 unspecified atom stereocenters. The molecule has 1 saturated heterocycles. The third-order valence-corrected chi connectivity index (χ3v) is 7.34. The normalized spacial score (nSPS) is 19.0. The van der Waals surface area contributed by atoms with E-state index in [1.165, 1.54) is 16.4 Å². The zero-order valence-corrected chi connectivity index (χ0v) is 15.4. The van der Waals surface area contributed by atoms with Gasteiger partial charge < -0.3 is 5.32 Å².